The Balaban J connectivity index is 1.87. The van der Waals surface area contributed by atoms with Crippen molar-refractivity contribution < 1.29 is 5.11 Å². The van der Waals surface area contributed by atoms with Crippen LogP contribution in [-0.2, 0) is 6.42 Å². The fourth-order valence-corrected chi connectivity index (χ4v) is 3.28. The normalized spacial score (nSPS) is 26.2. The molecule has 0 heterocycles. The maximum atomic E-state index is 10.8. The second kappa shape index (κ2) is 7.42. The van der Waals surface area contributed by atoms with Crippen LogP contribution in [0.5, 0.6) is 0 Å². The van der Waals surface area contributed by atoms with E-state index in [0.717, 1.165) is 38.6 Å². The highest BCUT2D eigenvalue weighted by molar-refractivity contribution is 5.26. The summed E-state index contributed by atoms with van der Waals surface area (Å²) in [6.07, 6.45) is 6.01. The van der Waals surface area contributed by atoms with Crippen LogP contribution in [0, 0.1) is 0 Å². The van der Waals surface area contributed by atoms with Crippen molar-refractivity contribution in [3.05, 3.63) is 35.4 Å². The van der Waals surface area contributed by atoms with Crippen LogP contribution in [0.3, 0.4) is 0 Å². The Hall–Kier alpha value is -0.860. The summed E-state index contributed by atoms with van der Waals surface area (Å²) in [5, 5.41) is 14.4. The van der Waals surface area contributed by atoms with Crippen LogP contribution in [0.2, 0.25) is 0 Å². The largest absolute Gasteiger partial charge is 0.390 e. The molecule has 21 heavy (non-hydrogen) atoms. The Morgan fingerprint density at radius 1 is 1.19 bits per heavy atom. The molecule has 1 aromatic rings. The highest BCUT2D eigenvalue weighted by Crippen LogP contribution is 2.31. The van der Waals surface area contributed by atoms with Gasteiger partial charge in [0.05, 0.1) is 5.60 Å². The Bertz CT molecular complexity index is 416. The molecule has 0 aliphatic heterocycles. The average molecular weight is 289 g/mol. The first kappa shape index (κ1) is 16.5. The van der Waals surface area contributed by atoms with Crippen molar-refractivity contribution in [3.63, 3.8) is 0 Å². The van der Waals surface area contributed by atoms with Gasteiger partial charge in [0.15, 0.2) is 0 Å². The standard InChI is InChI=1S/C19H31NO/c1-4-13-20-18-9-11-19(21,12-10-18)14-16-5-7-17(8-6-16)15(2)3/h5-8,15,18,20-21H,4,9-14H2,1-3H3. The molecule has 0 radical (unpaired) electrons. The number of rotatable bonds is 6. The zero-order chi connectivity index (χ0) is 15.3. The first-order valence-electron chi connectivity index (χ1n) is 8.57. The Labute approximate surface area is 130 Å². The minimum atomic E-state index is -0.496. The summed E-state index contributed by atoms with van der Waals surface area (Å²) in [5.74, 6) is 0.571. The molecule has 0 saturated heterocycles. The molecule has 1 aromatic carbocycles. The van der Waals surface area contributed by atoms with Gasteiger partial charge in [-0.25, -0.2) is 0 Å². The summed E-state index contributed by atoms with van der Waals surface area (Å²) in [4.78, 5) is 0. The van der Waals surface area contributed by atoms with Gasteiger partial charge in [-0.3, -0.25) is 0 Å². The lowest BCUT2D eigenvalue weighted by molar-refractivity contribution is -0.00306. The average Bonchev–Trinajstić information content (AvgIpc) is 2.47. The highest BCUT2D eigenvalue weighted by Gasteiger charge is 2.32. The predicted octanol–water partition coefficient (Wildman–Crippen LogP) is 4.03. The van der Waals surface area contributed by atoms with Crippen LogP contribution in [0.1, 0.15) is 69.9 Å². The molecule has 2 heteroatoms. The molecular formula is C19H31NO. The molecule has 1 aliphatic carbocycles. The van der Waals surface area contributed by atoms with Gasteiger partial charge in [0, 0.05) is 12.5 Å². The first-order valence-corrected chi connectivity index (χ1v) is 8.57. The molecule has 2 N–H and O–H groups in total. The van der Waals surface area contributed by atoms with Crippen molar-refractivity contribution in [2.24, 2.45) is 0 Å². The van der Waals surface area contributed by atoms with E-state index in [-0.39, 0.29) is 0 Å². The van der Waals surface area contributed by atoms with E-state index in [1.54, 1.807) is 0 Å². The third-order valence-electron chi connectivity index (χ3n) is 4.78. The van der Waals surface area contributed by atoms with Gasteiger partial charge < -0.3 is 10.4 Å². The third kappa shape index (κ3) is 4.82. The maximum absolute atomic E-state index is 10.8. The van der Waals surface area contributed by atoms with Gasteiger partial charge in [0.25, 0.3) is 0 Å². The first-order chi connectivity index (χ1) is 10.0. The number of nitrogens with one attached hydrogen (secondary N) is 1. The molecule has 0 unspecified atom stereocenters. The lowest BCUT2D eigenvalue weighted by Gasteiger charge is -2.36. The van der Waals surface area contributed by atoms with E-state index in [1.807, 2.05) is 0 Å². The molecule has 0 aromatic heterocycles. The summed E-state index contributed by atoms with van der Waals surface area (Å²) in [6.45, 7) is 7.73. The van der Waals surface area contributed by atoms with Crippen molar-refractivity contribution in [1.29, 1.82) is 0 Å². The van der Waals surface area contributed by atoms with Gasteiger partial charge in [-0.05, 0) is 55.7 Å². The van der Waals surface area contributed by atoms with Gasteiger partial charge in [0.1, 0.15) is 0 Å². The molecule has 0 atom stereocenters. The monoisotopic (exact) mass is 289 g/mol. The summed E-state index contributed by atoms with van der Waals surface area (Å²) in [7, 11) is 0. The minimum absolute atomic E-state index is 0.496. The van der Waals surface area contributed by atoms with Crippen LogP contribution in [0.15, 0.2) is 24.3 Å². The molecule has 118 valence electrons. The van der Waals surface area contributed by atoms with Crippen LogP contribution in [0.25, 0.3) is 0 Å². The van der Waals surface area contributed by atoms with Crippen LogP contribution in [-0.4, -0.2) is 23.3 Å². The summed E-state index contributed by atoms with van der Waals surface area (Å²) in [5.41, 5.74) is 2.14. The smallest absolute Gasteiger partial charge is 0.0689 e. The van der Waals surface area contributed by atoms with Gasteiger partial charge in [-0.2, -0.15) is 0 Å². The van der Waals surface area contributed by atoms with E-state index < -0.39 is 5.60 Å². The Morgan fingerprint density at radius 3 is 2.33 bits per heavy atom. The zero-order valence-corrected chi connectivity index (χ0v) is 13.9. The number of hydrogen-bond acceptors (Lipinski definition) is 2. The zero-order valence-electron chi connectivity index (χ0n) is 13.9. The SMILES string of the molecule is CCCNC1CCC(O)(Cc2ccc(C(C)C)cc2)CC1. The lowest BCUT2D eigenvalue weighted by atomic mass is 9.78. The summed E-state index contributed by atoms with van der Waals surface area (Å²) < 4.78 is 0. The van der Waals surface area contributed by atoms with Gasteiger partial charge in [-0.15, -0.1) is 0 Å². The summed E-state index contributed by atoms with van der Waals surface area (Å²) >= 11 is 0. The van der Waals surface area contributed by atoms with Gasteiger partial charge in [-0.1, -0.05) is 45.0 Å². The van der Waals surface area contributed by atoms with Crippen molar-refractivity contribution >= 4 is 0 Å². The fraction of sp³-hybridized carbons (Fsp3) is 0.684. The quantitative estimate of drug-likeness (QED) is 0.829. The Kier molecular flexibility index (Phi) is 5.83. The van der Waals surface area contributed by atoms with E-state index in [9.17, 15) is 5.11 Å². The van der Waals surface area contributed by atoms with E-state index in [1.165, 1.54) is 17.5 Å². The molecule has 2 nitrogen and oxygen atoms in total. The second-order valence-corrected chi connectivity index (χ2v) is 7.03. The molecule has 0 amide bonds. The van der Waals surface area contributed by atoms with Gasteiger partial charge in [0.2, 0.25) is 0 Å². The predicted molar refractivity (Wildman–Crippen MR) is 89.7 cm³/mol. The number of benzene rings is 1. The molecular weight excluding hydrogens is 258 g/mol. The third-order valence-corrected chi connectivity index (χ3v) is 4.78. The molecule has 1 aliphatic rings. The topological polar surface area (TPSA) is 32.3 Å². The molecule has 1 saturated carbocycles. The van der Waals surface area contributed by atoms with Crippen LogP contribution >= 0.6 is 0 Å². The van der Waals surface area contributed by atoms with E-state index >= 15 is 0 Å². The summed E-state index contributed by atoms with van der Waals surface area (Å²) in [6, 6.07) is 9.40. The van der Waals surface area contributed by atoms with E-state index in [4.69, 9.17) is 0 Å². The molecule has 0 spiro atoms. The molecule has 0 bridgehead atoms. The maximum Gasteiger partial charge on any atom is 0.0689 e. The van der Waals surface area contributed by atoms with Crippen molar-refractivity contribution in [2.75, 3.05) is 6.54 Å². The van der Waals surface area contributed by atoms with Crippen LogP contribution < -0.4 is 5.32 Å². The Morgan fingerprint density at radius 2 is 1.81 bits per heavy atom. The van der Waals surface area contributed by atoms with E-state index in [0.29, 0.717) is 12.0 Å². The number of hydrogen-bond donors (Lipinski definition) is 2. The molecule has 1 fully saturated rings. The number of aliphatic hydroxyl groups is 1. The fourth-order valence-electron chi connectivity index (χ4n) is 3.28. The van der Waals surface area contributed by atoms with Crippen molar-refractivity contribution in [3.8, 4) is 0 Å². The second-order valence-electron chi connectivity index (χ2n) is 7.03. The van der Waals surface area contributed by atoms with Crippen molar-refractivity contribution in [2.45, 2.75) is 76.9 Å². The minimum Gasteiger partial charge on any atom is -0.390 e. The molecule has 2 rings (SSSR count). The lowest BCUT2D eigenvalue weighted by Crippen LogP contribution is -2.42. The van der Waals surface area contributed by atoms with E-state index in [2.05, 4.69) is 50.4 Å². The van der Waals surface area contributed by atoms with Gasteiger partial charge >= 0.3 is 0 Å². The highest BCUT2D eigenvalue weighted by atomic mass is 16.3. The van der Waals surface area contributed by atoms with Crippen molar-refractivity contribution in [1.82, 2.24) is 5.32 Å². The van der Waals surface area contributed by atoms with Crippen LogP contribution in [0.4, 0.5) is 0 Å².